The minimum Gasteiger partial charge on any atom is -0.467 e. The van der Waals surface area contributed by atoms with Gasteiger partial charge in [0, 0.05) is 6.42 Å². The Morgan fingerprint density at radius 2 is 1.84 bits per heavy atom. The van der Waals surface area contributed by atoms with Gasteiger partial charge in [-0.2, -0.15) is 0 Å². The quantitative estimate of drug-likeness (QED) is 0.844. The zero-order valence-electron chi connectivity index (χ0n) is 14.7. The molecule has 2 rings (SSSR count). The number of benzene rings is 1. The van der Waals surface area contributed by atoms with Gasteiger partial charge in [-0.25, -0.2) is 4.79 Å². The van der Waals surface area contributed by atoms with Crippen molar-refractivity contribution >= 4 is 12.0 Å². The van der Waals surface area contributed by atoms with Crippen LogP contribution in [0.15, 0.2) is 53.1 Å². The lowest BCUT2D eigenvalue weighted by atomic mass is 10.1. The van der Waals surface area contributed by atoms with E-state index >= 15 is 0 Å². The van der Waals surface area contributed by atoms with Crippen molar-refractivity contribution in [2.45, 2.75) is 45.4 Å². The summed E-state index contributed by atoms with van der Waals surface area (Å²) in [5.74, 6) is 0.343. The highest BCUT2D eigenvalue weighted by Crippen LogP contribution is 2.09. The van der Waals surface area contributed by atoms with E-state index < -0.39 is 17.7 Å². The molecule has 0 aliphatic heterocycles. The van der Waals surface area contributed by atoms with Crippen LogP contribution in [0.3, 0.4) is 0 Å². The fourth-order valence-electron chi connectivity index (χ4n) is 2.22. The van der Waals surface area contributed by atoms with E-state index in [1.165, 1.54) is 0 Å². The lowest BCUT2D eigenvalue weighted by molar-refractivity contribution is -0.123. The van der Waals surface area contributed by atoms with Crippen molar-refractivity contribution in [3.63, 3.8) is 0 Å². The number of hydrogen-bond donors (Lipinski definition) is 2. The first-order valence-electron chi connectivity index (χ1n) is 8.17. The van der Waals surface area contributed by atoms with E-state index in [0.717, 1.165) is 5.56 Å². The van der Waals surface area contributed by atoms with Crippen LogP contribution in [0.1, 0.15) is 32.1 Å². The second-order valence-electron chi connectivity index (χ2n) is 6.69. The predicted octanol–water partition coefficient (Wildman–Crippen LogP) is 3.03. The monoisotopic (exact) mass is 344 g/mol. The Morgan fingerprint density at radius 1 is 1.12 bits per heavy atom. The molecule has 0 bridgehead atoms. The second-order valence-corrected chi connectivity index (χ2v) is 6.69. The van der Waals surface area contributed by atoms with Gasteiger partial charge < -0.3 is 19.8 Å². The average molecular weight is 344 g/mol. The zero-order valence-corrected chi connectivity index (χ0v) is 14.7. The van der Waals surface area contributed by atoms with Gasteiger partial charge in [-0.05, 0) is 38.5 Å². The van der Waals surface area contributed by atoms with E-state index in [9.17, 15) is 9.59 Å². The number of carbonyl (C=O) groups excluding carboxylic acids is 2. The summed E-state index contributed by atoms with van der Waals surface area (Å²) in [6.45, 7) is 5.58. The number of furan rings is 1. The Hall–Kier alpha value is -2.76. The van der Waals surface area contributed by atoms with Gasteiger partial charge in [0.25, 0.3) is 0 Å². The molecule has 0 saturated carbocycles. The number of rotatable bonds is 6. The van der Waals surface area contributed by atoms with Gasteiger partial charge >= 0.3 is 6.09 Å². The van der Waals surface area contributed by atoms with Gasteiger partial charge in [-0.15, -0.1) is 0 Å². The zero-order chi connectivity index (χ0) is 18.3. The summed E-state index contributed by atoms with van der Waals surface area (Å²) in [5, 5.41) is 5.42. The Labute approximate surface area is 147 Å². The maximum absolute atomic E-state index is 12.5. The third kappa shape index (κ3) is 6.71. The van der Waals surface area contributed by atoms with E-state index in [1.54, 1.807) is 39.2 Å². The molecule has 2 amide bonds. The topological polar surface area (TPSA) is 80.6 Å². The first-order chi connectivity index (χ1) is 11.8. The fraction of sp³-hybridized carbons (Fsp3) is 0.368. The molecular weight excluding hydrogens is 320 g/mol. The molecule has 2 aromatic rings. The van der Waals surface area contributed by atoms with Crippen LogP contribution in [0.2, 0.25) is 0 Å². The molecule has 1 heterocycles. The molecule has 0 spiro atoms. The van der Waals surface area contributed by atoms with Gasteiger partial charge in [-0.3, -0.25) is 4.79 Å². The van der Waals surface area contributed by atoms with Crippen molar-refractivity contribution in [2.75, 3.05) is 0 Å². The summed E-state index contributed by atoms with van der Waals surface area (Å²) in [4.78, 5) is 24.6. The molecule has 1 aromatic carbocycles. The van der Waals surface area contributed by atoms with Crippen LogP contribution in [0, 0.1) is 0 Å². The van der Waals surface area contributed by atoms with Crippen molar-refractivity contribution in [2.24, 2.45) is 0 Å². The Bertz CT molecular complexity index is 675. The standard InChI is InChI=1S/C19H24N2O4/c1-19(2,3)25-18(23)21-16(12-14-8-5-4-6-9-14)17(22)20-13-15-10-7-11-24-15/h4-11,16H,12-13H2,1-3H3,(H,20,22)(H,21,23)/t16-/m0/s1. The molecule has 0 radical (unpaired) electrons. The molecule has 6 nitrogen and oxygen atoms in total. The van der Waals surface area contributed by atoms with Gasteiger partial charge in [0.2, 0.25) is 5.91 Å². The number of hydrogen-bond acceptors (Lipinski definition) is 4. The van der Waals surface area contributed by atoms with Crippen molar-refractivity contribution in [3.8, 4) is 0 Å². The molecule has 2 N–H and O–H groups in total. The number of nitrogens with one attached hydrogen (secondary N) is 2. The molecule has 0 aliphatic carbocycles. The number of amides is 2. The molecule has 25 heavy (non-hydrogen) atoms. The Balaban J connectivity index is 2.02. The van der Waals surface area contributed by atoms with E-state index in [-0.39, 0.29) is 12.5 Å². The fourth-order valence-corrected chi connectivity index (χ4v) is 2.22. The van der Waals surface area contributed by atoms with Crippen LogP contribution < -0.4 is 10.6 Å². The minimum atomic E-state index is -0.743. The van der Waals surface area contributed by atoms with Gasteiger partial charge in [0.05, 0.1) is 12.8 Å². The lowest BCUT2D eigenvalue weighted by Crippen LogP contribution is -2.49. The molecule has 134 valence electrons. The largest absolute Gasteiger partial charge is 0.467 e. The maximum atomic E-state index is 12.5. The second kappa shape index (κ2) is 8.37. The highest BCUT2D eigenvalue weighted by Gasteiger charge is 2.24. The molecule has 0 saturated heterocycles. The molecule has 6 heteroatoms. The van der Waals surface area contributed by atoms with E-state index in [4.69, 9.17) is 9.15 Å². The first kappa shape index (κ1) is 18.6. The lowest BCUT2D eigenvalue weighted by Gasteiger charge is -2.23. The molecule has 0 unspecified atom stereocenters. The van der Waals surface area contributed by atoms with Crippen molar-refractivity contribution in [1.29, 1.82) is 0 Å². The van der Waals surface area contributed by atoms with Gasteiger partial charge in [-0.1, -0.05) is 30.3 Å². The molecule has 1 atom stereocenters. The summed E-state index contributed by atoms with van der Waals surface area (Å²) in [5.41, 5.74) is 0.308. The van der Waals surface area contributed by atoms with Gasteiger partial charge in [0.15, 0.2) is 0 Å². The Morgan fingerprint density at radius 3 is 2.44 bits per heavy atom. The summed E-state index contributed by atoms with van der Waals surface area (Å²) >= 11 is 0. The van der Waals surface area contributed by atoms with Crippen LogP contribution in [-0.2, 0) is 22.5 Å². The smallest absolute Gasteiger partial charge is 0.408 e. The van der Waals surface area contributed by atoms with E-state index in [1.807, 2.05) is 30.3 Å². The maximum Gasteiger partial charge on any atom is 0.408 e. The molecule has 0 aliphatic rings. The Kier molecular flexibility index (Phi) is 6.22. The van der Waals surface area contributed by atoms with Crippen molar-refractivity contribution in [1.82, 2.24) is 10.6 Å². The molecule has 1 aromatic heterocycles. The minimum absolute atomic E-state index is 0.257. The normalized spacial score (nSPS) is 12.3. The van der Waals surface area contributed by atoms with Crippen LogP contribution in [0.25, 0.3) is 0 Å². The number of alkyl carbamates (subject to hydrolysis) is 1. The number of carbonyl (C=O) groups is 2. The van der Waals surface area contributed by atoms with E-state index in [2.05, 4.69) is 10.6 Å². The van der Waals surface area contributed by atoms with Crippen LogP contribution in [-0.4, -0.2) is 23.6 Å². The van der Waals surface area contributed by atoms with Crippen LogP contribution >= 0.6 is 0 Å². The first-order valence-corrected chi connectivity index (χ1v) is 8.17. The summed E-state index contributed by atoms with van der Waals surface area (Å²) in [7, 11) is 0. The highest BCUT2D eigenvalue weighted by atomic mass is 16.6. The molecule has 0 fully saturated rings. The van der Waals surface area contributed by atoms with Crippen LogP contribution in [0.4, 0.5) is 4.79 Å². The van der Waals surface area contributed by atoms with Crippen molar-refractivity contribution < 1.29 is 18.7 Å². The van der Waals surface area contributed by atoms with Crippen molar-refractivity contribution in [3.05, 3.63) is 60.1 Å². The summed E-state index contributed by atoms with van der Waals surface area (Å²) in [6.07, 6.45) is 1.29. The average Bonchev–Trinajstić information content (AvgIpc) is 3.04. The summed E-state index contributed by atoms with van der Waals surface area (Å²) < 4.78 is 10.5. The third-order valence-corrected chi connectivity index (χ3v) is 3.31. The highest BCUT2D eigenvalue weighted by molar-refractivity contribution is 5.85. The van der Waals surface area contributed by atoms with Crippen LogP contribution in [0.5, 0.6) is 0 Å². The van der Waals surface area contributed by atoms with E-state index in [0.29, 0.717) is 12.2 Å². The third-order valence-electron chi connectivity index (χ3n) is 3.31. The summed E-state index contributed by atoms with van der Waals surface area (Å²) in [6, 6.07) is 12.3. The predicted molar refractivity (Wildman–Crippen MR) is 93.9 cm³/mol. The molecular formula is C19H24N2O4. The SMILES string of the molecule is CC(C)(C)OC(=O)N[C@@H](Cc1ccccc1)C(=O)NCc1ccco1. The number of ether oxygens (including phenoxy) is 1. The van der Waals surface area contributed by atoms with Gasteiger partial charge in [0.1, 0.15) is 17.4 Å².